The van der Waals surface area contributed by atoms with Gasteiger partial charge in [0.15, 0.2) is 6.61 Å². The molecule has 2 saturated heterocycles. The lowest BCUT2D eigenvalue weighted by Crippen LogP contribution is -2.47. The molecule has 2 fully saturated rings. The van der Waals surface area contributed by atoms with E-state index in [0.717, 1.165) is 31.6 Å². The van der Waals surface area contributed by atoms with Crippen LogP contribution in [0.2, 0.25) is 0 Å². The van der Waals surface area contributed by atoms with Crippen LogP contribution in [0.1, 0.15) is 56.7 Å². The molecule has 0 unspecified atom stereocenters. The van der Waals surface area contributed by atoms with E-state index >= 15 is 0 Å². The molecule has 0 saturated carbocycles. The Labute approximate surface area is 202 Å². The molecule has 2 aliphatic heterocycles. The van der Waals surface area contributed by atoms with Crippen LogP contribution in [0.4, 0.5) is 0 Å². The molecule has 0 radical (unpaired) electrons. The van der Waals surface area contributed by atoms with E-state index in [4.69, 9.17) is 9.84 Å². The first-order chi connectivity index (χ1) is 16.1. The summed E-state index contributed by atoms with van der Waals surface area (Å²) >= 11 is 0. The quantitative estimate of drug-likeness (QED) is 0.691. The normalized spacial score (nSPS) is 22.9. The minimum atomic E-state index is -0.979. The molecule has 0 aliphatic carbocycles. The summed E-state index contributed by atoms with van der Waals surface area (Å²) in [6.07, 6.45) is 0.942. The van der Waals surface area contributed by atoms with Crippen molar-refractivity contribution < 1.29 is 19.4 Å². The molecule has 1 N–H and O–H groups in total. The average molecular weight is 465 g/mol. The fourth-order valence-corrected chi connectivity index (χ4v) is 5.53. The number of fused-ring (bicyclic) bond motifs is 1. The lowest BCUT2D eigenvalue weighted by atomic mass is 9.82. The number of ether oxygens (including phenoxy) is 1. The molecule has 1 amide bonds. The predicted molar refractivity (Wildman–Crippen MR) is 132 cm³/mol. The predicted octanol–water partition coefficient (Wildman–Crippen LogP) is 4.28. The van der Waals surface area contributed by atoms with Crippen molar-refractivity contribution in [3.63, 3.8) is 0 Å². The molecule has 182 valence electrons. The van der Waals surface area contributed by atoms with Crippen molar-refractivity contribution in [2.75, 3.05) is 26.2 Å². The highest BCUT2D eigenvalue weighted by Crippen LogP contribution is 2.43. The first-order valence-corrected chi connectivity index (χ1v) is 12.2. The Balaban J connectivity index is 1.65. The second-order valence-corrected chi connectivity index (χ2v) is 10.7. The second-order valence-electron chi connectivity index (χ2n) is 10.7. The van der Waals surface area contributed by atoms with Gasteiger partial charge in [-0.25, -0.2) is 4.79 Å². The lowest BCUT2D eigenvalue weighted by molar-refractivity contribution is -0.139. The summed E-state index contributed by atoms with van der Waals surface area (Å²) in [5, 5.41) is 9.15. The highest BCUT2D eigenvalue weighted by molar-refractivity contribution is 5.73. The maximum absolute atomic E-state index is 12.2. The van der Waals surface area contributed by atoms with E-state index in [1.165, 1.54) is 11.1 Å². The number of hydrogen-bond donors (Lipinski definition) is 1. The monoisotopic (exact) mass is 464 g/mol. The minimum absolute atomic E-state index is 0.0208. The summed E-state index contributed by atoms with van der Waals surface area (Å²) in [5.41, 5.74) is 3.52. The number of carboxylic acid groups (broad SMARTS) is 1. The summed E-state index contributed by atoms with van der Waals surface area (Å²) in [6.45, 7) is 11.0. The molecular weight excluding hydrogens is 428 g/mol. The number of amides is 1. The SMILES string of the molecule is CC(=O)N1CC[C@@H]2[C@H](C1)[C@@H](c1ccccc1)CN2Cc1cc(C(C)(C)C)ccc1OCC(=O)O. The van der Waals surface area contributed by atoms with Crippen LogP contribution in [0.3, 0.4) is 0 Å². The number of piperidine rings is 1. The van der Waals surface area contributed by atoms with E-state index in [9.17, 15) is 9.59 Å². The van der Waals surface area contributed by atoms with E-state index in [2.05, 4.69) is 56.0 Å². The van der Waals surface area contributed by atoms with Gasteiger partial charge in [0.05, 0.1) is 0 Å². The molecule has 2 heterocycles. The Hall–Kier alpha value is -2.86. The first-order valence-electron chi connectivity index (χ1n) is 12.2. The molecule has 0 aromatic heterocycles. The molecule has 0 spiro atoms. The van der Waals surface area contributed by atoms with Gasteiger partial charge in [0.1, 0.15) is 5.75 Å². The van der Waals surface area contributed by atoms with Gasteiger partial charge in [0.25, 0.3) is 0 Å². The van der Waals surface area contributed by atoms with Gasteiger partial charge >= 0.3 is 5.97 Å². The molecule has 3 atom stereocenters. The third-order valence-corrected chi connectivity index (χ3v) is 7.36. The van der Waals surface area contributed by atoms with Crippen molar-refractivity contribution in [1.29, 1.82) is 0 Å². The highest BCUT2D eigenvalue weighted by Gasteiger charge is 2.45. The molecule has 6 heteroatoms. The molecule has 6 nitrogen and oxygen atoms in total. The fourth-order valence-electron chi connectivity index (χ4n) is 5.53. The van der Waals surface area contributed by atoms with Crippen molar-refractivity contribution >= 4 is 11.9 Å². The van der Waals surface area contributed by atoms with Gasteiger partial charge in [-0.05, 0) is 29.0 Å². The Kier molecular flexibility index (Phi) is 6.99. The van der Waals surface area contributed by atoms with Gasteiger partial charge in [-0.1, -0.05) is 63.2 Å². The van der Waals surface area contributed by atoms with E-state index in [-0.39, 0.29) is 17.9 Å². The largest absolute Gasteiger partial charge is 0.482 e. The van der Waals surface area contributed by atoms with Crippen molar-refractivity contribution in [1.82, 2.24) is 9.80 Å². The molecule has 2 aliphatic rings. The van der Waals surface area contributed by atoms with E-state index < -0.39 is 5.97 Å². The van der Waals surface area contributed by atoms with Crippen LogP contribution in [0.15, 0.2) is 48.5 Å². The highest BCUT2D eigenvalue weighted by atomic mass is 16.5. The number of benzene rings is 2. The smallest absolute Gasteiger partial charge is 0.341 e. The van der Waals surface area contributed by atoms with Gasteiger partial charge in [0, 0.05) is 56.5 Å². The zero-order valence-corrected chi connectivity index (χ0v) is 20.7. The van der Waals surface area contributed by atoms with Crippen LogP contribution in [-0.4, -0.2) is 59.1 Å². The zero-order chi connectivity index (χ0) is 24.5. The maximum Gasteiger partial charge on any atom is 0.341 e. The molecule has 0 bridgehead atoms. The van der Waals surface area contributed by atoms with Crippen LogP contribution in [-0.2, 0) is 21.5 Å². The summed E-state index contributed by atoms with van der Waals surface area (Å²) in [7, 11) is 0. The second kappa shape index (κ2) is 9.79. The Bertz CT molecular complexity index is 1030. The van der Waals surface area contributed by atoms with E-state index in [1.54, 1.807) is 6.92 Å². The Morgan fingerprint density at radius 2 is 1.82 bits per heavy atom. The van der Waals surface area contributed by atoms with Gasteiger partial charge < -0.3 is 14.7 Å². The Morgan fingerprint density at radius 1 is 1.09 bits per heavy atom. The number of likely N-dealkylation sites (tertiary alicyclic amines) is 2. The van der Waals surface area contributed by atoms with Gasteiger partial charge in [-0.2, -0.15) is 0 Å². The van der Waals surface area contributed by atoms with Gasteiger partial charge in [-0.15, -0.1) is 0 Å². The third-order valence-electron chi connectivity index (χ3n) is 7.36. The van der Waals surface area contributed by atoms with Crippen LogP contribution >= 0.6 is 0 Å². The van der Waals surface area contributed by atoms with Crippen LogP contribution in [0.5, 0.6) is 5.75 Å². The van der Waals surface area contributed by atoms with Crippen molar-refractivity contribution in [2.45, 2.75) is 58.0 Å². The van der Waals surface area contributed by atoms with E-state index in [1.807, 2.05) is 23.1 Å². The summed E-state index contributed by atoms with van der Waals surface area (Å²) in [5.74, 6) is 0.520. The number of aliphatic carboxylic acids is 1. The van der Waals surface area contributed by atoms with E-state index in [0.29, 0.717) is 30.2 Å². The zero-order valence-electron chi connectivity index (χ0n) is 20.7. The van der Waals surface area contributed by atoms with Crippen LogP contribution < -0.4 is 4.74 Å². The number of carboxylic acids is 1. The van der Waals surface area contributed by atoms with Crippen molar-refractivity contribution in [2.24, 2.45) is 5.92 Å². The topological polar surface area (TPSA) is 70.1 Å². The lowest BCUT2D eigenvalue weighted by Gasteiger charge is -2.39. The summed E-state index contributed by atoms with van der Waals surface area (Å²) in [4.78, 5) is 27.8. The fraction of sp³-hybridized carbons (Fsp3) is 0.500. The van der Waals surface area contributed by atoms with Gasteiger partial charge in [-0.3, -0.25) is 9.69 Å². The molecule has 4 rings (SSSR count). The van der Waals surface area contributed by atoms with Crippen molar-refractivity contribution in [3.05, 3.63) is 65.2 Å². The summed E-state index contributed by atoms with van der Waals surface area (Å²) < 4.78 is 5.69. The summed E-state index contributed by atoms with van der Waals surface area (Å²) in [6, 6.07) is 17.1. The number of nitrogens with zero attached hydrogens (tertiary/aromatic N) is 2. The Morgan fingerprint density at radius 3 is 2.47 bits per heavy atom. The van der Waals surface area contributed by atoms with Crippen molar-refractivity contribution in [3.8, 4) is 5.75 Å². The standard InChI is InChI=1S/C28H36N2O4/c1-19(31)29-13-12-25-24(17-29)23(20-8-6-5-7-9-20)16-30(25)15-21-14-22(28(2,3)4)10-11-26(21)34-18-27(32)33/h5-11,14,23-25H,12-13,15-18H2,1-4H3,(H,32,33)/t23-,24-,25-/m1/s1. The molecule has 34 heavy (non-hydrogen) atoms. The molecule has 2 aromatic carbocycles. The number of hydrogen-bond acceptors (Lipinski definition) is 4. The van der Waals surface area contributed by atoms with Crippen LogP contribution in [0.25, 0.3) is 0 Å². The number of carbonyl (C=O) groups excluding carboxylic acids is 1. The number of rotatable bonds is 6. The molecular formula is C28H36N2O4. The average Bonchev–Trinajstić information content (AvgIpc) is 3.15. The van der Waals surface area contributed by atoms with Crippen LogP contribution in [0, 0.1) is 5.92 Å². The van der Waals surface area contributed by atoms with Gasteiger partial charge in [0.2, 0.25) is 5.91 Å². The minimum Gasteiger partial charge on any atom is -0.482 e. The molecule has 2 aromatic rings. The third kappa shape index (κ3) is 5.27. The number of carbonyl (C=O) groups is 2. The maximum atomic E-state index is 12.2. The first kappa shape index (κ1) is 24.3.